The van der Waals surface area contributed by atoms with Crippen LogP contribution >= 0.6 is 0 Å². The van der Waals surface area contributed by atoms with Crippen molar-refractivity contribution in [1.29, 1.82) is 0 Å². The van der Waals surface area contributed by atoms with Crippen LogP contribution in [0.5, 0.6) is 0 Å². The summed E-state index contributed by atoms with van der Waals surface area (Å²) in [4.78, 5) is 0. The van der Waals surface area contributed by atoms with Crippen LogP contribution in [-0.2, 0) is 0 Å². The highest BCUT2D eigenvalue weighted by molar-refractivity contribution is 5.87. The summed E-state index contributed by atoms with van der Waals surface area (Å²) >= 11 is 0. The fourth-order valence-corrected chi connectivity index (χ4v) is 1.66. The molecule has 0 amide bonds. The Morgan fingerprint density at radius 1 is 0.846 bits per heavy atom. The van der Waals surface area contributed by atoms with Crippen molar-refractivity contribution in [3.63, 3.8) is 0 Å². The molecule has 0 atom stereocenters. The first-order chi connectivity index (χ1) is 6.29. The monoisotopic (exact) mass is 169 g/mol. The lowest BCUT2D eigenvalue weighted by molar-refractivity contribution is 1.16. The molecule has 13 heavy (non-hydrogen) atoms. The van der Waals surface area contributed by atoms with Crippen molar-refractivity contribution < 1.29 is 0 Å². The van der Waals surface area contributed by atoms with Gasteiger partial charge in [0.25, 0.3) is 0 Å². The predicted octanol–water partition coefficient (Wildman–Crippen LogP) is 3.80. The standard InChI is InChI=1S/C13H13/c1-10(2)12-9-5-7-11-6-3-4-8-13(11)12/h3-9H,1-2H3. The topological polar surface area (TPSA) is 0 Å². The van der Waals surface area contributed by atoms with Crippen molar-refractivity contribution in [2.45, 2.75) is 13.8 Å². The first kappa shape index (κ1) is 8.31. The summed E-state index contributed by atoms with van der Waals surface area (Å²) in [5, 5.41) is 2.67. The fraction of sp³-hybridized carbons (Fsp3) is 0.154. The van der Waals surface area contributed by atoms with Gasteiger partial charge in [-0.25, -0.2) is 0 Å². The van der Waals surface area contributed by atoms with Gasteiger partial charge in [-0.05, 0) is 22.3 Å². The van der Waals surface area contributed by atoms with Gasteiger partial charge in [-0.1, -0.05) is 56.3 Å². The van der Waals surface area contributed by atoms with E-state index in [4.69, 9.17) is 0 Å². The van der Waals surface area contributed by atoms with Crippen LogP contribution in [0.25, 0.3) is 10.8 Å². The second kappa shape index (κ2) is 3.21. The molecular formula is C13H13. The lowest BCUT2D eigenvalue weighted by Crippen LogP contribution is -1.89. The number of benzene rings is 2. The Balaban J connectivity index is 2.76. The van der Waals surface area contributed by atoms with Crippen LogP contribution in [0.2, 0.25) is 0 Å². The normalized spacial score (nSPS) is 11.0. The average molecular weight is 169 g/mol. The van der Waals surface area contributed by atoms with Gasteiger partial charge in [-0.2, -0.15) is 0 Å². The molecule has 0 aliphatic heterocycles. The molecule has 2 aromatic carbocycles. The van der Waals surface area contributed by atoms with Gasteiger partial charge in [0.1, 0.15) is 0 Å². The summed E-state index contributed by atoms with van der Waals surface area (Å²) in [6, 6.07) is 15.0. The van der Waals surface area contributed by atoms with Gasteiger partial charge >= 0.3 is 0 Å². The first-order valence-electron chi connectivity index (χ1n) is 4.57. The molecule has 0 aromatic heterocycles. The largest absolute Gasteiger partial charge is 0.0616 e. The Bertz CT molecular complexity index is 408. The highest BCUT2D eigenvalue weighted by Crippen LogP contribution is 2.23. The first-order valence-corrected chi connectivity index (χ1v) is 4.57. The molecule has 0 aliphatic rings. The molecule has 0 saturated heterocycles. The molecule has 65 valence electrons. The van der Waals surface area contributed by atoms with Gasteiger partial charge in [0.2, 0.25) is 0 Å². The summed E-state index contributed by atoms with van der Waals surface area (Å²) < 4.78 is 0. The molecule has 0 saturated carbocycles. The van der Waals surface area contributed by atoms with Crippen LogP contribution in [-0.4, -0.2) is 0 Å². The minimum atomic E-state index is 1.32. The van der Waals surface area contributed by atoms with Crippen molar-refractivity contribution in [3.8, 4) is 0 Å². The molecule has 2 rings (SSSR count). The Kier molecular flexibility index (Phi) is 2.05. The van der Waals surface area contributed by atoms with Crippen LogP contribution in [0.4, 0.5) is 0 Å². The smallest absolute Gasteiger partial charge is 0.000568 e. The highest BCUT2D eigenvalue weighted by Gasteiger charge is 2.03. The zero-order chi connectivity index (χ0) is 9.26. The fourth-order valence-electron chi connectivity index (χ4n) is 1.66. The van der Waals surface area contributed by atoms with Crippen molar-refractivity contribution in [2.24, 2.45) is 0 Å². The molecule has 0 unspecified atom stereocenters. The van der Waals surface area contributed by atoms with Crippen molar-refractivity contribution >= 4 is 10.8 Å². The summed E-state index contributed by atoms with van der Waals surface area (Å²) in [6.45, 7) is 4.31. The third-order valence-corrected chi connectivity index (χ3v) is 2.33. The second-order valence-electron chi connectivity index (χ2n) is 3.53. The zero-order valence-corrected chi connectivity index (χ0v) is 8.04. The Hall–Kier alpha value is -1.30. The highest BCUT2D eigenvalue weighted by atomic mass is 14.1. The maximum absolute atomic E-state index is 2.18. The number of hydrogen-bond acceptors (Lipinski definition) is 0. The van der Waals surface area contributed by atoms with Crippen LogP contribution < -0.4 is 0 Å². The summed E-state index contributed by atoms with van der Waals surface area (Å²) in [6.07, 6.45) is 0. The van der Waals surface area contributed by atoms with E-state index < -0.39 is 0 Å². The maximum Gasteiger partial charge on any atom is -0.000568 e. The molecule has 1 radical (unpaired) electrons. The van der Waals surface area contributed by atoms with Crippen LogP contribution in [0, 0.1) is 5.92 Å². The van der Waals surface area contributed by atoms with Crippen LogP contribution in [0.15, 0.2) is 42.5 Å². The molecule has 0 nitrogen and oxygen atoms in total. The van der Waals surface area contributed by atoms with Gasteiger partial charge in [-0.3, -0.25) is 0 Å². The Morgan fingerprint density at radius 3 is 2.31 bits per heavy atom. The Labute approximate surface area is 79.2 Å². The van der Waals surface area contributed by atoms with E-state index in [9.17, 15) is 0 Å². The van der Waals surface area contributed by atoms with Gasteiger partial charge < -0.3 is 0 Å². The zero-order valence-electron chi connectivity index (χ0n) is 8.04. The van der Waals surface area contributed by atoms with E-state index >= 15 is 0 Å². The minimum Gasteiger partial charge on any atom is -0.0616 e. The third kappa shape index (κ3) is 1.44. The third-order valence-electron chi connectivity index (χ3n) is 2.33. The van der Waals surface area contributed by atoms with E-state index in [1.807, 2.05) is 0 Å². The molecule has 0 aliphatic carbocycles. The number of fused-ring (bicyclic) bond motifs is 1. The molecule has 0 bridgehead atoms. The summed E-state index contributed by atoms with van der Waals surface area (Å²) in [7, 11) is 0. The number of rotatable bonds is 1. The van der Waals surface area contributed by atoms with Crippen LogP contribution in [0.3, 0.4) is 0 Å². The lowest BCUT2D eigenvalue weighted by atomic mass is 9.96. The van der Waals surface area contributed by atoms with Gasteiger partial charge in [0.05, 0.1) is 0 Å². The van der Waals surface area contributed by atoms with Gasteiger partial charge in [0.15, 0.2) is 0 Å². The van der Waals surface area contributed by atoms with Gasteiger partial charge in [-0.15, -0.1) is 0 Å². The molecule has 2 aromatic rings. The van der Waals surface area contributed by atoms with Gasteiger partial charge in [0, 0.05) is 0 Å². The van der Waals surface area contributed by atoms with E-state index in [2.05, 4.69) is 56.3 Å². The quantitative estimate of drug-likeness (QED) is 0.609. The van der Waals surface area contributed by atoms with Crippen molar-refractivity contribution in [2.75, 3.05) is 0 Å². The minimum absolute atomic E-state index is 1.32. The molecule has 0 N–H and O–H groups in total. The Morgan fingerprint density at radius 2 is 1.54 bits per heavy atom. The van der Waals surface area contributed by atoms with E-state index in [0.29, 0.717) is 0 Å². The average Bonchev–Trinajstić information content (AvgIpc) is 2.17. The molecule has 0 heterocycles. The van der Waals surface area contributed by atoms with Crippen molar-refractivity contribution in [3.05, 3.63) is 53.9 Å². The SMILES string of the molecule is C[C](C)c1cccc2ccccc12. The van der Waals surface area contributed by atoms with E-state index in [-0.39, 0.29) is 0 Å². The maximum atomic E-state index is 2.18. The van der Waals surface area contributed by atoms with E-state index in [0.717, 1.165) is 0 Å². The van der Waals surface area contributed by atoms with Crippen LogP contribution in [0.1, 0.15) is 19.4 Å². The van der Waals surface area contributed by atoms with Crippen molar-refractivity contribution in [1.82, 2.24) is 0 Å². The molecule has 0 fully saturated rings. The molecule has 0 spiro atoms. The van der Waals surface area contributed by atoms with E-state index in [1.165, 1.54) is 22.3 Å². The second-order valence-corrected chi connectivity index (χ2v) is 3.53. The molecular weight excluding hydrogens is 156 g/mol. The number of hydrogen-bond donors (Lipinski definition) is 0. The predicted molar refractivity (Wildman–Crippen MR) is 57.6 cm³/mol. The lowest BCUT2D eigenvalue weighted by Gasteiger charge is -2.08. The summed E-state index contributed by atoms with van der Waals surface area (Å²) in [5.41, 5.74) is 1.36. The van der Waals surface area contributed by atoms with E-state index in [1.54, 1.807) is 0 Å². The summed E-state index contributed by atoms with van der Waals surface area (Å²) in [5.74, 6) is 1.37. The molecule has 0 heteroatoms.